The smallest absolute Gasteiger partial charge is 0.323 e. The van der Waals surface area contributed by atoms with Crippen LogP contribution < -0.4 is 4.90 Å². The third-order valence-electron chi connectivity index (χ3n) is 2.38. The van der Waals surface area contributed by atoms with E-state index in [9.17, 15) is 4.79 Å². The second kappa shape index (κ2) is 5.01. The van der Waals surface area contributed by atoms with Crippen molar-refractivity contribution in [2.75, 3.05) is 11.4 Å². The first-order valence-electron chi connectivity index (χ1n) is 5.26. The Morgan fingerprint density at radius 1 is 1.35 bits per heavy atom. The lowest BCUT2D eigenvalue weighted by molar-refractivity contribution is -0.135. The van der Waals surface area contributed by atoms with Crippen molar-refractivity contribution >= 4 is 28.0 Å². The molecular weight excluding hydrogens is 234 g/mol. The van der Waals surface area contributed by atoms with E-state index in [1.807, 2.05) is 48.7 Å². The van der Waals surface area contributed by atoms with E-state index >= 15 is 0 Å². The van der Waals surface area contributed by atoms with Crippen LogP contribution >= 0.6 is 11.3 Å². The van der Waals surface area contributed by atoms with Gasteiger partial charge < -0.3 is 10.0 Å². The monoisotopic (exact) mass is 247 g/mol. The van der Waals surface area contributed by atoms with Gasteiger partial charge in [0.05, 0.1) is 5.00 Å². The zero-order valence-electron chi connectivity index (χ0n) is 9.46. The number of hydrogen-bond donors (Lipinski definition) is 1. The maximum absolute atomic E-state index is 10.9. The Kier molecular flexibility index (Phi) is 3.44. The SMILES string of the molecule is Cc1cccc(N(CC(=O)O)c2cccs2)c1. The minimum atomic E-state index is -0.833. The molecule has 0 aliphatic heterocycles. The molecule has 2 aromatic rings. The standard InChI is InChI=1S/C13H13NO2S/c1-10-4-2-5-11(8-10)14(9-13(15)16)12-6-3-7-17-12/h2-8H,9H2,1H3,(H,15,16). The molecule has 17 heavy (non-hydrogen) atoms. The Labute approximate surface area is 104 Å². The fourth-order valence-corrected chi connectivity index (χ4v) is 2.40. The van der Waals surface area contributed by atoms with Crippen molar-refractivity contribution in [1.82, 2.24) is 0 Å². The van der Waals surface area contributed by atoms with Gasteiger partial charge in [0, 0.05) is 5.69 Å². The van der Waals surface area contributed by atoms with Gasteiger partial charge in [-0.05, 0) is 42.1 Å². The van der Waals surface area contributed by atoms with E-state index in [4.69, 9.17) is 5.11 Å². The highest BCUT2D eigenvalue weighted by Gasteiger charge is 2.13. The molecule has 0 atom stereocenters. The van der Waals surface area contributed by atoms with E-state index in [2.05, 4.69) is 0 Å². The third-order valence-corrected chi connectivity index (χ3v) is 3.27. The molecule has 1 aromatic heterocycles. The predicted octanol–water partition coefficient (Wildman–Crippen LogP) is 3.28. The summed E-state index contributed by atoms with van der Waals surface area (Å²) >= 11 is 1.54. The highest BCUT2D eigenvalue weighted by atomic mass is 32.1. The number of carboxylic acids is 1. The normalized spacial score (nSPS) is 10.2. The Bertz CT molecular complexity index is 508. The molecule has 0 bridgehead atoms. The zero-order valence-corrected chi connectivity index (χ0v) is 10.3. The van der Waals surface area contributed by atoms with Crippen molar-refractivity contribution < 1.29 is 9.90 Å². The number of carbonyl (C=O) groups is 1. The molecule has 0 fully saturated rings. The highest BCUT2D eigenvalue weighted by Crippen LogP contribution is 2.29. The molecule has 0 saturated carbocycles. The van der Waals surface area contributed by atoms with Crippen molar-refractivity contribution in [3.8, 4) is 0 Å². The van der Waals surface area contributed by atoms with Gasteiger partial charge in [-0.1, -0.05) is 12.1 Å². The molecule has 4 heteroatoms. The molecule has 88 valence electrons. The summed E-state index contributed by atoms with van der Waals surface area (Å²) in [6, 6.07) is 11.7. The fraction of sp³-hybridized carbons (Fsp3) is 0.154. The number of rotatable bonds is 4. The number of benzene rings is 1. The van der Waals surface area contributed by atoms with Gasteiger partial charge in [0.25, 0.3) is 0 Å². The van der Waals surface area contributed by atoms with Crippen LogP contribution in [0, 0.1) is 6.92 Å². The van der Waals surface area contributed by atoms with Crippen LogP contribution in [0.4, 0.5) is 10.7 Å². The van der Waals surface area contributed by atoms with E-state index < -0.39 is 5.97 Å². The lowest BCUT2D eigenvalue weighted by Gasteiger charge is -2.21. The summed E-state index contributed by atoms with van der Waals surface area (Å²) < 4.78 is 0. The number of anilines is 2. The molecule has 0 aliphatic rings. The average Bonchev–Trinajstić information content (AvgIpc) is 2.79. The van der Waals surface area contributed by atoms with Gasteiger partial charge in [0.15, 0.2) is 0 Å². The lowest BCUT2D eigenvalue weighted by atomic mass is 10.2. The van der Waals surface area contributed by atoms with Gasteiger partial charge in [0.2, 0.25) is 0 Å². The molecular formula is C13H13NO2S. The van der Waals surface area contributed by atoms with Gasteiger partial charge in [-0.15, -0.1) is 11.3 Å². The number of thiophene rings is 1. The number of hydrogen-bond acceptors (Lipinski definition) is 3. The third kappa shape index (κ3) is 2.85. The summed E-state index contributed by atoms with van der Waals surface area (Å²) in [6.45, 7) is 1.97. The quantitative estimate of drug-likeness (QED) is 0.901. The Balaban J connectivity index is 2.36. The van der Waals surface area contributed by atoms with Gasteiger partial charge >= 0.3 is 5.97 Å². The van der Waals surface area contributed by atoms with E-state index in [0.29, 0.717) is 0 Å². The minimum absolute atomic E-state index is 0.0238. The molecule has 1 N–H and O–H groups in total. The van der Waals surface area contributed by atoms with Crippen molar-refractivity contribution in [3.05, 3.63) is 47.3 Å². The van der Waals surface area contributed by atoms with E-state index in [-0.39, 0.29) is 6.54 Å². The molecule has 0 unspecified atom stereocenters. The van der Waals surface area contributed by atoms with Crippen LogP contribution in [0.5, 0.6) is 0 Å². The first-order chi connectivity index (χ1) is 8.16. The molecule has 0 spiro atoms. The van der Waals surface area contributed by atoms with E-state index in [1.165, 1.54) is 11.3 Å². The summed E-state index contributed by atoms with van der Waals surface area (Å²) in [6.07, 6.45) is 0. The topological polar surface area (TPSA) is 40.5 Å². The molecule has 1 heterocycles. The van der Waals surface area contributed by atoms with E-state index in [1.54, 1.807) is 4.90 Å². The van der Waals surface area contributed by atoms with Crippen molar-refractivity contribution in [3.63, 3.8) is 0 Å². The van der Waals surface area contributed by atoms with Gasteiger partial charge in [-0.2, -0.15) is 0 Å². The Morgan fingerprint density at radius 3 is 2.76 bits per heavy atom. The number of aliphatic carboxylic acids is 1. The maximum atomic E-state index is 10.9. The molecule has 0 amide bonds. The summed E-state index contributed by atoms with van der Waals surface area (Å²) in [7, 11) is 0. The lowest BCUT2D eigenvalue weighted by Crippen LogP contribution is -2.24. The first kappa shape index (κ1) is 11.7. The van der Waals surface area contributed by atoms with Crippen LogP contribution in [0.1, 0.15) is 5.56 Å². The molecule has 2 rings (SSSR count). The summed E-state index contributed by atoms with van der Waals surface area (Å²) in [4.78, 5) is 12.7. The highest BCUT2D eigenvalue weighted by molar-refractivity contribution is 7.14. The average molecular weight is 247 g/mol. The largest absolute Gasteiger partial charge is 0.480 e. The number of nitrogens with zero attached hydrogens (tertiary/aromatic N) is 1. The predicted molar refractivity (Wildman–Crippen MR) is 70.1 cm³/mol. The van der Waals surface area contributed by atoms with Crippen LogP contribution in [0.2, 0.25) is 0 Å². The minimum Gasteiger partial charge on any atom is -0.480 e. The Hall–Kier alpha value is -1.81. The molecule has 0 radical (unpaired) electrons. The van der Waals surface area contributed by atoms with Crippen LogP contribution in [-0.4, -0.2) is 17.6 Å². The second-order valence-electron chi connectivity index (χ2n) is 3.77. The van der Waals surface area contributed by atoms with Gasteiger partial charge in [0.1, 0.15) is 6.54 Å². The Morgan fingerprint density at radius 2 is 2.18 bits per heavy atom. The van der Waals surface area contributed by atoms with Crippen LogP contribution in [-0.2, 0) is 4.79 Å². The number of aryl methyl sites for hydroxylation is 1. The summed E-state index contributed by atoms with van der Waals surface area (Å²) in [5.41, 5.74) is 2.03. The van der Waals surface area contributed by atoms with E-state index in [0.717, 1.165) is 16.3 Å². The van der Waals surface area contributed by atoms with Crippen molar-refractivity contribution in [2.24, 2.45) is 0 Å². The molecule has 0 saturated heterocycles. The molecule has 1 aromatic carbocycles. The zero-order chi connectivity index (χ0) is 12.3. The van der Waals surface area contributed by atoms with Crippen LogP contribution in [0.3, 0.4) is 0 Å². The van der Waals surface area contributed by atoms with Gasteiger partial charge in [-0.25, -0.2) is 0 Å². The van der Waals surface area contributed by atoms with Crippen molar-refractivity contribution in [1.29, 1.82) is 0 Å². The van der Waals surface area contributed by atoms with Crippen molar-refractivity contribution in [2.45, 2.75) is 6.92 Å². The first-order valence-corrected chi connectivity index (χ1v) is 6.14. The molecule has 0 aliphatic carbocycles. The fourth-order valence-electron chi connectivity index (χ4n) is 1.65. The van der Waals surface area contributed by atoms with Crippen LogP contribution in [0.15, 0.2) is 41.8 Å². The van der Waals surface area contributed by atoms with Gasteiger partial charge in [-0.3, -0.25) is 4.79 Å². The maximum Gasteiger partial charge on any atom is 0.323 e. The molecule has 3 nitrogen and oxygen atoms in total. The summed E-state index contributed by atoms with van der Waals surface area (Å²) in [5.74, 6) is -0.833. The number of carboxylic acid groups (broad SMARTS) is 1. The van der Waals surface area contributed by atoms with Crippen LogP contribution in [0.25, 0.3) is 0 Å². The summed E-state index contributed by atoms with van der Waals surface area (Å²) in [5, 5.41) is 11.9. The second-order valence-corrected chi connectivity index (χ2v) is 4.70.